The lowest BCUT2D eigenvalue weighted by Gasteiger charge is -2.09. The van der Waals surface area contributed by atoms with Crippen molar-refractivity contribution >= 4 is 24.0 Å². The quantitative estimate of drug-likeness (QED) is 0.833. The summed E-state index contributed by atoms with van der Waals surface area (Å²) in [5, 5.41) is 5.89. The topological polar surface area (TPSA) is 41.1 Å². The van der Waals surface area contributed by atoms with Gasteiger partial charge in [-0.25, -0.2) is 4.39 Å². The Morgan fingerprint density at radius 1 is 1.38 bits per heavy atom. The molecule has 0 bridgehead atoms. The van der Waals surface area contributed by atoms with Crippen molar-refractivity contribution in [1.29, 1.82) is 0 Å². The van der Waals surface area contributed by atoms with Gasteiger partial charge < -0.3 is 10.6 Å². The summed E-state index contributed by atoms with van der Waals surface area (Å²) in [5.41, 5.74) is 0.647. The number of carbonyl (C=O) groups excluding carboxylic acids is 1. The molecule has 1 aromatic rings. The molecule has 1 fully saturated rings. The van der Waals surface area contributed by atoms with Crippen LogP contribution in [0.5, 0.6) is 0 Å². The molecule has 1 aromatic carbocycles. The van der Waals surface area contributed by atoms with Crippen molar-refractivity contribution in [2.45, 2.75) is 6.42 Å². The van der Waals surface area contributed by atoms with Crippen LogP contribution in [-0.2, 0) is 4.79 Å². The molecular formula is C11H14ClFN2O. The van der Waals surface area contributed by atoms with E-state index < -0.39 is 0 Å². The average molecular weight is 245 g/mol. The molecule has 1 aliphatic heterocycles. The molecule has 1 heterocycles. The second-order valence-corrected chi connectivity index (χ2v) is 3.69. The van der Waals surface area contributed by atoms with E-state index in [1.807, 2.05) is 0 Å². The van der Waals surface area contributed by atoms with Crippen LogP contribution in [0.25, 0.3) is 0 Å². The summed E-state index contributed by atoms with van der Waals surface area (Å²) < 4.78 is 12.6. The summed E-state index contributed by atoms with van der Waals surface area (Å²) in [5.74, 6) is -0.253. The molecule has 3 nitrogen and oxygen atoms in total. The first-order valence-electron chi connectivity index (χ1n) is 5.03. The molecule has 2 rings (SSSR count). The third-order valence-corrected chi connectivity index (χ3v) is 2.54. The molecule has 1 unspecified atom stereocenters. The third-order valence-electron chi connectivity index (χ3n) is 2.54. The highest BCUT2D eigenvalue weighted by molar-refractivity contribution is 5.92. The molecule has 2 N–H and O–H groups in total. The van der Waals surface area contributed by atoms with Gasteiger partial charge in [-0.2, -0.15) is 0 Å². The van der Waals surface area contributed by atoms with Crippen LogP contribution in [0.3, 0.4) is 0 Å². The SMILES string of the molecule is Cl.O=C(Nc1ccc(F)cc1)C1CCNC1. The zero-order valence-electron chi connectivity index (χ0n) is 8.70. The number of hydrogen-bond donors (Lipinski definition) is 2. The Morgan fingerprint density at radius 3 is 2.62 bits per heavy atom. The summed E-state index contributed by atoms with van der Waals surface area (Å²) in [7, 11) is 0. The van der Waals surface area contributed by atoms with Gasteiger partial charge in [0.15, 0.2) is 0 Å². The van der Waals surface area contributed by atoms with Crippen LogP contribution in [-0.4, -0.2) is 19.0 Å². The van der Waals surface area contributed by atoms with Gasteiger partial charge in [-0.05, 0) is 37.2 Å². The Bertz CT molecular complexity index is 350. The van der Waals surface area contributed by atoms with E-state index in [4.69, 9.17) is 0 Å². The standard InChI is InChI=1S/C11H13FN2O.ClH/c12-9-1-3-10(4-2-9)14-11(15)8-5-6-13-7-8;/h1-4,8,13H,5-7H2,(H,14,15);1H. The van der Waals surface area contributed by atoms with Crippen LogP contribution in [0, 0.1) is 11.7 Å². The monoisotopic (exact) mass is 244 g/mol. The van der Waals surface area contributed by atoms with Gasteiger partial charge in [0.25, 0.3) is 0 Å². The van der Waals surface area contributed by atoms with Crippen molar-refractivity contribution < 1.29 is 9.18 Å². The van der Waals surface area contributed by atoms with E-state index in [9.17, 15) is 9.18 Å². The Labute approximate surface area is 99.8 Å². The Balaban J connectivity index is 0.00000128. The first-order valence-corrected chi connectivity index (χ1v) is 5.03. The van der Waals surface area contributed by atoms with Crippen LogP contribution in [0.4, 0.5) is 10.1 Å². The van der Waals surface area contributed by atoms with Gasteiger partial charge >= 0.3 is 0 Å². The Kier molecular flexibility index (Phi) is 4.71. The lowest BCUT2D eigenvalue weighted by atomic mass is 10.1. The number of hydrogen-bond acceptors (Lipinski definition) is 2. The molecule has 1 atom stereocenters. The van der Waals surface area contributed by atoms with E-state index in [2.05, 4.69) is 10.6 Å². The highest BCUT2D eigenvalue weighted by atomic mass is 35.5. The molecule has 88 valence electrons. The molecule has 1 amide bonds. The molecule has 1 aliphatic rings. The first-order chi connectivity index (χ1) is 7.25. The highest BCUT2D eigenvalue weighted by Crippen LogP contribution is 2.13. The van der Waals surface area contributed by atoms with E-state index in [-0.39, 0.29) is 30.0 Å². The number of rotatable bonds is 2. The highest BCUT2D eigenvalue weighted by Gasteiger charge is 2.22. The van der Waals surface area contributed by atoms with Crippen LogP contribution in [0.15, 0.2) is 24.3 Å². The van der Waals surface area contributed by atoms with Gasteiger partial charge in [0.1, 0.15) is 5.82 Å². The fourth-order valence-electron chi connectivity index (χ4n) is 1.66. The zero-order chi connectivity index (χ0) is 10.7. The minimum absolute atomic E-state index is 0. The fraction of sp³-hybridized carbons (Fsp3) is 0.364. The summed E-state index contributed by atoms with van der Waals surface area (Å²) >= 11 is 0. The number of amides is 1. The van der Waals surface area contributed by atoms with E-state index in [0.29, 0.717) is 5.69 Å². The van der Waals surface area contributed by atoms with Gasteiger partial charge in [0, 0.05) is 12.2 Å². The number of nitrogens with one attached hydrogen (secondary N) is 2. The minimum atomic E-state index is -0.296. The fourth-order valence-corrected chi connectivity index (χ4v) is 1.66. The van der Waals surface area contributed by atoms with Crippen LogP contribution in [0.2, 0.25) is 0 Å². The van der Waals surface area contributed by atoms with E-state index in [1.54, 1.807) is 12.1 Å². The zero-order valence-corrected chi connectivity index (χ0v) is 9.52. The number of benzene rings is 1. The molecule has 0 aromatic heterocycles. The molecule has 0 radical (unpaired) electrons. The largest absolute Gasteiger partial charge is 0.326 e. The van der Waals surface area contributed by atoms with Crippen molar-refractivity contribution in [2.24, 2.45) is 5.92 Å². The second kappa shape index (κ2) is 5.82. The van der Waals surface area contributed by atoms with Crippen molar-refractivity contribution in [3.63, 3.8) is 0 Å². The lowest BCUT2D eigenvalue weighted by Crippen LogP contribution is -2.24. The maximum absolute atomic E-state index is 12.6. The molecule has 16 heavy (non-hydrogen) atoms. The minimum Gasteiger partial charge on any atom is -0.326 e. The Hall–Kier alpha value is -1.13. The molecule has 1 saturated heterocycles. The summed E-state index contributed by atoms with van der Waals surface area (Å²) in [6.07, 6.45) is 0.868. The van der Waals surface area contributed by atoms with E-state index >= 15 is 0 Å². The van der Waals surface area contributed by atoms with Gasteiger partial charge in [-0.3, -0.25) is 4.79 Å². The van der Waals surface area contributed by atoms with Gasteiger partial charge in [0.2, 0.25) is 5.91 Å². The molecule has 0 aliphatic carbocycles. The predicted molar refractivity (Wildman–Crippen MR) is 63.3 cm³/mol. The first kappa shape index (κ1) is 12.9. The Morgan fingerprint density at radius 2 is 2.06 bits per heavy atom. The van der Waals surface area contributed by atoms with Crippen molar-refractivity contribution in [2.75, 3.05) is 18.4 Å². The summed E-state index contributed by atoms with van der Waals surface area (Å²) in [6, 6.07) is 5.80. The predicted octanol–water partition coefficient (Wildman–Crippen LogP) is 1.80. The van der Waals surface area contributed by atoms with Crippen molar-refractivity contribution in [3.05, 3.63) is 30.1 Å². The van der Waals surface area contributed by atoms with Gasteiger partial charge in [-0.1, -0.05) is 0 Å². The number of carbonyl (C=O) groups is 1. The maximum atomic E-state index is 12.6. The average Bonchev–Trinajstić information content (AvgIpc) is 2.74. The summed E-state index contributed by atoms with van der Waals surface area (Å²) in [6.45, 7) is 1.62. The van der Waals surface area contributed by atoms with E-state index in [0.717, 1.165) is 19.5 Å². The maximum Gasteiger partial charge on any atom is 0.228 e. The number of halogens is 2. The van der Waals surface area contributed by atoms with Crippen LogP contribution >= 0.6 is 12.4 Å². The van der Waals surface area contributed by atoms with Crippen molar-refractivity contribution in [3.8, 4) is 0 Å². The molecule has 0 saturated carbocycles. The van der Waals surface area contributed by atoms with Crippen LogP contribution < -0.4 is 10.6 Å². The third kappa shape index (κ3) is 3.18. The summed E-state index contributed by atoms with van der Waals surface area (Å²) in [4.78, 5) is 11.7. The smallest absolute Gasteiger partial charge is 0.228 e. The molecule has 0 spiro atoms. The van der Waals surface area contributed by atoms with Crippen molar-refractivity contribution in [1.82, 2.24) is 5.32 Å². The molecule has 5 heteroatoms. The van der Waals surface area contributed by atoms with Gasteiger partial charge in [-0.15, -0.1) is 12.4 Å². The van der Waals surface area contributed by atoms with Gasteiger partial charge in [0.05, 0.1) is 5.92 Å². The second-order valence-electron chi connectivity index (χ2n) is 3.69. The number of anilines is 1. The molecular weight excluding hydrogens is 231 g/mol. The van der Waals surface area contributed by atoms with E-state index in [1.165, 1.54) is 12.1 Å². The van der Waals surface area contributed by atoms with Crippen LogP contribution in [0.1, 0.15) is 6.42 Å². The lowest BCUT2D eigenvalue weighted by molar-refractivity contribution is -0.119. The normalized spacial score (nSPS) is 18.9.